The lowest BCUT2D eigenvalue weighted by Crippen LogP contribution is -2.31. The molecule has 0 spiro atoms. The van der Waals surface area contributed by atoms with Gasteiger partial charge in [0.25, 0.3) is 11.8 Å². The molecule has 0 radical (unpaired) electrons. The van der Waals surface area contributed by atoms with Crippen LogP contribution in [-0.4, -0.2) is 33.9 Å². The monoisotopic (exact) mass is 369 g/mol. The van der Waals surface area contributed by atoms with Crippen molar-refractivity contribution in [3.63, 3.8) is 0 Å². The molecule has 0 aliphatic carbocycles. The fourth-order valence-electron chi connectivity index (χ4n) is 2.94. The molecule has 1 aliphatic rings. The molecule has 26 heavy (non-hydrogen) atoms. The summed E-state index contributed by atoms with van der Waals surface area (Å²) in [5, 5.41) is 9.14. The highest BCUT2D eigenvalue weighted by Crippen LogP contribution is 2.15. The van der Waals surface area contributed by atoms with Crippen LogP contribution in [0.1, 0.15) is 96.3 Å². The number of unbranched alkanes of at least 4 members (excludes halogenated alkanes) is 10. The predicted octanol–water partition coefficient (Wildman–Crippen LogP) is 3.75. The zero-order valence-corrected chi connectivity index (χ0v) is 15.5. The third-order valence-corrected chi connectivity index (χ3v) is 4.47. The molecule has 0 aromatic rings. The Bertz CT molecular complexity index is 461. The van der Waals surface area contributed by atoms with E-state index in [2.05, 4.69) is 0 Å². The third kappa shape index (κ3) is 10.2. The number of imide groups is 1. The maximum atomic E-state index is 11.6. The summed E-state index contributed by atoms with van der Waals surface area (Å²) in [4.78, 5) is 49.4. The van der Waals surface area contributed by atoms with Crippen LogP contribution in [0.15, 0.2) is 0 Å². The first-order valence-electron chi connectivity index (χ1n) is 9.79. The SMILES string of the molecule is O=C(O)CCCCCCCCCCCCCC(=O)ON1C(=O)CCC1=O. The smallest absolute Gasteiger partial charge is 0.333 e. The van der Waals surface area contributed by atoms with Crippen molar-refractivity contribution in [1.29, 1.82) is 0 Å². The van der Waals surface area contributed by atoms with Crippen molar-refractivity contribution < 1.29 is 29.1 Å². The largest absolute Gasteiger partial charge is 0.481 e. The summed E-state index contributed by atoms with van der Waals surface area (Å²) in [6.45, 7) is 0. The van der Waals surface area contributed by atoms with Crippen LogP contribution in [0.4, 0.5) is 0 Å². The van der Waals surface area contributed by atoms with Crippen molar-refractivity contribution >= 4 is 23.8 Å². The van der Waals surface area contributed by atoms with Gasteiger partial charge in [0.2, 0.25) is 0 Å². The number of hydroxylamine groups is 2. The Morgan fingerprint density at radius 2 is 1.12 bits per heavy atom. The lowest BCUT2D eigenvalue weighted by Gasteiger charge is -2.12. The molecule has 1 heterocycles. The first-order chi connectivity index (χ1) is 12.5. The van der Waals surface area contributed by atoms with Gasteiger partial charge in [-0.15, -0.1) is 5.06 Å². The summed E-state index contributed by atoms with van der Waals surface area (Å²) in [5.74, 6) is -2.11. The fraction of sp³-hybridized carbons (Fsp3) is 0.789. The van der Waals surface area contributed by atoms with E-state index in [1.807, 2.05) is 0 Å². The number of hydrogen-bond acceptors (Lipinski definition) is 5. The zero-order valence-electron chi connectivity index (χ0n) is 15.5. The van der Waals surface area contributed by atoms with E-state index in [9.17, 15) is 19.2 Å². The number of carboxylic acid groups (broad SMARTS) is 1. The number of carbonyl (C=O) groups is 4. The first-order valence-corrected chi connectivity index (χ1v) is 9.79. The van der Waals surface area contributed by atoms with E-state index >= 15 is 0 Å². The molecule has 1 fully saturated rings. The molecule has 1 saturated heterocycles. The molecule has 0 unspecified atom stereocenters. The van der Waals surface area contributed by atoms with Gasteiger partial charge in [0.05, 0.1) is 0 Å². The number of aliphatic carboxylic acids is 1. The summed E-state index contributed by atoms with van der Waals surface area (Å²) in [5.41, 5.74) is 0. The van der Waals surface area contributed by atoms with Crippen molar-refractivity contribution in [3.05, 3.63) is 0 Å². The molecule has 0 atom stereocenters. The molecule has 7 nitrogen and oxygen atoms in total. The zero-order chi connectivity index (χ0) is 19.2. The predicted molar refractivity (Wildman–Crippen MR) is 94.8 cm³/mol. The van der Waals surface area contributed by atoms with Gasteiger partial charge >= 0.3 is 11.9 Å². The van der Waals surface area contributed by atoms with Crippen LogP contribution in [0.5, 0.6) is 0 Å². The average molecular weight is 369 g/mol. The quantitative estimate of drug-likeness (QED) is 0.348. The molecule has 0 saturated carbocycles. The second-order valence-electron chi connectivity index (χ2n) is 6.83. The topological polar surface area (TPSA) is 101 Å². The van der Waals surface area contributed by atoms with E-state index in [1.165, 1.54) is 25.7 Å². The van der Waals surface area contributed by atoms with Gasteiger partial charge in [-0.1, -0.05) is 57.8 Å². The summed E-state index contributed by atoms with van der Waals surface area (Å²) in [6, 6.07) is 0. The Kier molecular flexibility index (Phi) is 11.3. The first kappa shape index (κ1) is 22.1. The van der Waals surface area contributed by atoms with Crippen LogP contribution in [0.2, 0.25) is 0 Å². The Hall–Kier alpha value is -1.92. The van der Waals surface area contributed by atoms with Gasteiger partial charge < -0.3 is 9.94 Å². The number of carbonyl (C=O) groups excluding carboxylic acids is 3. The van der Waals surface area contributed by atoms with E-state index in [0.717, 1.165) is 38.5 Å². The molecule has 1 rings (SSSR count). The lowest BCUT2D eigenvalue weighted by atomic mass is 10.0. The minimum atomic E-state index is -0.712. The standard InChI is InChI=1S/C19H31NO6/c21-16-14-15-17(22)20(16)26-19(25)13-11-9-7-5-3-1-2-4-6-8-10-12-18(23)24/h1-15H2,(H,23,24). The number of amides is 2. The highest BCUT2D eigenvalue weighted by Gasteiger charge is 2.32. The van der Waals surface area contributed by atoms with Crippen molar-refractivity contribution in [3.8, 4) is 0 Å². The van der Waals surface area contributed by atoms with Crippen molar-refractivity contribution in [1.82, 2.24) is 5.06 Å². The minimum absolute atomic E-state index is 0.119. The summed E-state index contributed by atoms with van der Waals surface area (Å²) in [7, 11) is 0. The number of nitrogens with zero attached hydrogens (tertiary/aromatic N) is 1. The molecular formula is C19H31NO6. The highest BCUT2D eigenvalue weighted by atomic mass is 16.7. The van der Waals surface area contributed by atoms with Crippen LogP contribution >= 0.6 is 0 Å². The maximum absolute atomic E-state index is 11.6. The van der Waals surface area contributed by atoms with E-state index in [1.54, 1.807) is 0 Å². The van der Waals surface area contributed by atoms with E-state index in [-0.39, 0.29) is 25.7 Å². The molecule has 2 amide bonds. The minimum Gasteiger partial charge on any atom is -0.481 e. The van der Waals surface area contributed by atoms with Crippen LogP contribution in [-0.2, 0) is 24.0 Å². The van der Waals surface area contributed by atoms with E-state index in [0.29, 0.717) is 11.5 Å². The Labute approximate surface area is 155 Å². The maximum Gasteiger partial charge on any atom is 0.333 e. The van der Waals surface area contributed by atoms with Crippen LogP contribution in [0.3, 0.4) is 0 Å². The van der Waals surface area contributed by atoms with Crippen LogP contribution < -0.4 is 0 Å². The third-order valence-electron chi connectivity index (χ3n) is 4.47. The van der Waals surface area contributed by atoms with Crippen molar-refractivity contribution in [2.75, 3.05) is 0 Å². The van der Waals surface area contributed by atoms with Crippen molar-refractivity contribution in [2.24, 2.45) is 0 Å². The van der Waals surface area contributed by atoms with Gasteiger partial charge in [0.15, 0.2) is 0 Å². The molecule has 1 aliphatic heterocycles. The fourth-order valence-corrected chi connectivity index (χ4v) is 2.94. The van der Waals surface area contributed by atoms with E-state index in [4.69, 9.17) is 9.94 Å². The number of hydrogen-bond donors (Lipinski definition) is 1. The Balaban J connectivity index is 1.84. The second-order valence-corrected chi connectivity index (χ2v) is 6.83. The molecule has 0 bridgehead atoms. The molecule has 0 aromatic heterocycles. The number of rotatable bonds is 15. The van der Waals surface area contributed by atoms with Gasteiger partial charge in [-0.2, -0.15) is 0 Å². The van der Waals surface area contributed by atoms with Crippen molar-refractivity contribution in [2.45, 2.75) is 96.3 Å². The highest BCUT2D eigenvalue weighted by molar-refractivity contribution is 6.01. The summed E-state index contributed by atoms with van der Waals surface area (Å²) >= 11 is 0. The molecule has 0 aromatic carbocycles. The molecule has 7 heteroatoms. The van der Waals surface area contributed by atoms with Gasteiger partial charge in [0.1, 0.15) is 0 Å². The van der Waals surface area contributed by atoms with Gasteiger partial charge in [0, 0.05) is 25.7 Å². The molecular weight excluding hydrogens is 338 g/mol. The normalized spacial score (nSPS) is 14.1. The second kappa shape index (κ2) is 13.3. The van der Waals surface area contributed by atoms with Gasteiger partial charge in [-0.25, -0.2) is 4.79 Å². The molecule has 148 valence electrons. The van der Waals surface area contributed by atoms with E-state index < -0.39 is 23.8 Å². The van der Waals surface area contributed by atoms with Crippen LogP contribution in [0, 0.1) is 0 Å². The Morgan fingerprint density at radius 3 is 1.54 bits per heavy atom. The summed E-state index contributed by atoms with van der Waals surface area (Å²) < 4.78 is 0. The van der Waals surface area contributed by atoms with Gasteiger partial charge in [-0.05, 0) is 12.8 Å². The summed E-state index contributed by atoms with van der Waals surface area (Å²) in [6.07, 6.45) is 12.2. The van der Waals surface area contributed by atoms with Gasteiger partial charge in [-0.3, -0.25) is 14.4 Å². The number of carboxylic acids is 1. The average Bonchev–Trinajstić information content (AvgIpc) is 2.90. The molecule has 1 N–H and O–H groups in total. The lowest BCUT2D eigenvalue weighted by molar-refractivity contribution is -0.197. The Morgan fingerprint density at radius 1 is 0.731 bits per heavy atom. The van der Waals surface area contributed by atoms with Crippen LogP contribution in [0.25, 0.3) is 0 Å².